The molecule has 1 N–H and O–H groups in total. The summed E-state index contributed by atoms with van der Waals surface area (Å²) >= 11 is 7.87. The van der Waals surface area contributed by atoms with E-state index in [0.29, 0.717) is 24.7 Å². The van der Waals surface area contributed by atoms with Gasteiger partial charge in [0.05, 0.1) is 61.8 Å². The fourth-order valence-electron chi connectivity index (χ4n) is 3.22. The van der Waals surface area contributed by atoms with Crippen molar-refractivity contribution in [3.8, 4) is 0 Å². The number of quaternary nitrogens is 1. The summed E-state index contributed by atoms with van der Waals surface area (Å²) in [5.74, 6) is 0. The molecule has 0 aliphatic carbocycles. The molecule has 0 amide bonds. The summed E-state index contributed by atoms with van der Waals surface area (Å²) in [6.45, 7) is 5.31. The third-order valence-electron chi connectivity index (χ3n) is 4.55. The molecule has 0 atom stereocenters. The Morgan fingerprint density at radius 2 is 2.08 bits per heavy atom. The first-order valence-corrected chi connectivity index (χ1v) is 9.23. The van der Waals surface area contributed by atoms with Gasteiger partial charge in [-0.1, -0.05) is 22.9 Å². The summed E-state index contributed by atoms with van der Waals surface area (Å²) in [5, 5.41) is 23.0. The molecule has 128 valence electrons. The molecular formula is C16H20ClN5OS. The average Bonchev–Trinajstić information content (AvgIpc) is 2.82. The first kappa shape index (κ1) is 16.1. The molecule has 0 bridgehead atoms. The van der Waals surface area contributed by atoms with Crippen molar-refractivity contribution >= 4 is 39.3 Å². The Balaban J connectivity index is 1.79. The molecule has 6 nitrogen and oxygen atoms in total. The highest BCUT2D eigenvalue weighted by molar-refractivity contribution is 7.15. The van der Waals surface area contributed by atoms with Crippen molar-refractivity contribution < 1.29 is 4.65 Å². The number of hydrogen-bond acceptors (Lipinski definition) is 6. The van der Waals surface area contributed by atoms with Gasteiger partial charge in [-0.15, -0.1) is 0 Å². The maximum Gasteiger partial charge on any atom is 0.136 e. The number of thiazole rings is 1. The zero-order chi connectivity index (χ0) is 16.9. The first-order valence-electron chi connectivity index (χ1n) is 8.03. The number of hydrazine groups is 1. The molecule has 0 unspecified atom stereocenters. The van der Waals surface area contributed by atoms with Crippen LogP contribution in [0, 0.1) is 12.1 Å². The second-order valence-corrected chi connectivity index (χ2v) is 8.13. The number of nitrogens with zero attached hydrogens (tertiary/aromatic N) is 4. The molecule has 1 aromatic carbocycles. The number of aromatic nitrogens is 1. The molecule has 8 heteroatoms. The summed E-state index contributed by atoms with van der Waals surface area (Å²) in [6, 6.07) is 5.89. The van der Waals surface area contributed by atoms with Gasteiger partial charge in [-0.3, -0.25) is 5.01 Å². The topological polar surface area (TPSA) is 54.5 Å². The van der Waals surface area contributed by atoms with E-state index in [-0.39, 0.29) is 4.65 Å². The van der Waals surface area contributed by atoms with E-state index in [1.54, 1.807) is 18.4 Å². The van der Waals surface area contributed by atoms with E-state index in [1.807, 2.05) is 25.1 Å². The Bertz CT molecular complexity index is 768. The van der Waals surface area contributed by atoms with Gasteiger partial charge in [0.2, 0.25) is 0 Å². The zero-order valence-corrected chi connectivity index (χ0v) is 15.3. The average molecular weight is 366 g/mol. The predicted molar refractivity (Wildman–Crippen MR) is 98.6 cm³/mol. The van der Waals surface area contributed by atoms with Crippen molar-refractivity contribution in [3.05, 3.63) is 39.1 Å². The van der Waals surface area contributed by atoms with Crippen molar-refractivity contribution in [1.82, 2.24) is 9.99 Å². The number of piperazine rings is 1. The third-order valence-corrected chi connectivity index (χ3v) is 5.78. The summed E-state index contributed by atoms with van der Waals surface area (Å²) in [7, 11) is 1.75. The molecule has 1 fully saturated rings. The van der Waals surface area contributed by atoms with Crippen LogP contribution in [-0.2, 0) is 6.54 Å². The van der Waals surface area contributed by atoms with Crippen LogP contribution in [0.15, 0.2) is 18.2 Å². The number of benzene rings is 1. The number of anilines is 3. The second kappa shape index (κ2) is 5.86. The fourth-order valence-corrected chi connectivity index (χ4v) is 4.37. The lowest BCUT2D eigenvalue weighted by molar-refractivity contribution is -0.865. The van der Waals surface area contributed by atoms with E-state index in [0.717, 1.165) is 40.2 Å². The molecule has 0 saturated carbocycles. The monoisotopic (exact) mass is 365 g/mol. The molecule has 1 saturated heterocycles. The highest BCUT2D eigenvalue weighted by atomic mass is 35.5. The smallest absolute Gasteiger partial charge is 0.136 e. The van der Waals surface area contributed by atoms with Crippen LogP contribution >= 0.6 is 22.9 Å². The summed E-state index contributed by atoms with van der Waals surface area (Å²) in [6.07, 6.45) is 0. The molecule has 2 aliphatic heterocycles. The number of halogens is 1. The molecule has 0 spiro atoms. The number of nitrogens with one attached hydrogen (secondary N) is 1. The lowest BCUT2D eigenvalue weighted by Gasteiger charge is -2.48. The number of likely N-dealkylation sites (N-methyl/N-ethyl adjacent to an activating group) is 1. The van der Waals surface area contributed by atoms with E-state index < -0.39 is 0 Å². The van der Waals surface area contributed by atoms with E-state index in [9.17, 15) is 5.21 Å². The van der Waals surface area contributed by atoms with Crippen molar-refractivity contribution in [2.24, 2.45) is 0 Å². The number of fused-ring (bicyclic) bond motifs is 2. The largest absolute Gasteiger partial charge is 0.633 e. The van der Waals surface area contributed by atoms with E-state index in [2.05, 4.69) is 20.3 Å². The first-order chi connectivity index (χ1) is 11.4. The summed E-state index contributed by atoms with van der Waals surface area (Å²) in [4.78, 5) is 4.68. The molecule has 2 aliphatic rings. The maximum absolute atomic E-state index is 12.2. The Hall–Kier alpha value is -1.38. The number of aryl methyl sites for hydroxylation is 1. The van der Waals surface area contributed by atoms with Crippen molar-refractivity contribution in [3.63, 3.8) is 0 Å². The molecule has 24 heavy (non-hydrogen) atoms. The van der Waals surface area contributed by atoms with E-state index in [4.69, 9.17) is 11.6 Å². The van der Waals surface area contributed by atoms with Gasteiger partial charge in [0, 0.05) is 5.02 Å². The van der Waals surface area contributed by atoms with Gasteiger partial charge in [0.25, 0.3) is 0 Å². The van der Waals surface area contributed by atoms with Crippen LogP contribution in [0.25, 0.3) is 0 Å². The maximum atomic E-state index is 12.2. The second-order valence-electron chi connectivity index (χ2n) is 6.51. The van der Waals surface area contributed by atoms with Crippen LogP contribution in [0.1, 0.15) is 10.7 Å². The lowest BCUT2D eigenvalue weighted by atomic mass is 10.2. The van der Waals surface area contributed by atoms with Gasteiger partial charge in [-0.05, 0) is 25.1 Å². The Morgan fingerprint density at radius 1 is 1.33 bits per heavy atom. The van der Waals surface area contributed by atoms with Gasteiger partial charge < -0.3 is 15.2 Å². The molecule has 1 aromatic heterocycles. The van der Waals surface area contributed by atoms with E-state index >= 15 is 0 Å². The number of hydrogen-bond donors (Lipinski definition) is 1. The van der Waals surface area contributed by atoms with Crippen LogP contribution in [0.4, 0.5) is 16.4 Å². The lowest BCUT2D eigenvalue weighted by Crippen LogP contribution is -2.57. The van der Waals surface area contributed by atoms with Crippen molar-refractivity contribution in [2.45, 2.75) is 13.5 Å². The van der Waals surface area contributed by atoms with Gasteiger partial charge in [-0.2, -0.15) is 0 Å². The van der Waals surface area contributed by atoms with Crippen LogP contribution in [-0.4, -0.2) is 47.9 Å². The van der Waals surface area contributed by atoms with Crippen LogP contribution < -0.4 is 10.3 Å². The van der Waals surface area contributed by atoms with Crippen molar-refractivity contribution in [1.29, 1.82) is 0 Å². The summed E-state index contributed by atoms with van der Waals surface area (Å²) < 4.78 is -0.176. The highest BCUT2D eigenvalue weighted by Gasteiger charge is 2.32. The highest BCUT2D eigenvalue weighted by Crippen LogP contribution is 2.43. The predicted octanol–water partition coefficient (Wildman–Crippen LogP) is 3.34. The Labute approximate surface area is 150 Å². The molecule has 2 aromatic rings. The van der Waals surface area contributed by atoms with Crippen LogP contribution in [0.3, 0.4) is 0 Å². The minimum atomic E-state index is -0.176. The van der Waals surface area contributed by atoms with Gasteiger partial charge >= 0.3 is 0 Å². The molecule has 4 rings (SSSR count). The molecule has 0 radical (unpaired) electrons. The zero-order valence-electron chi connectivity index (χ0n) is 13.8. The third kappa shape index (κ3) is 2.87. The minimum absolute atomic E-state index is 0.176. The summed E-state index contributed by atoms with van der Waals surface area (Å²) in [5.41, 5.74) is 3.09. The fraction of sp³-hybridized carbons (Fsp3) is 0.438. The molecular weight excluding hydrogens is 346 g/mol. The van der Waals surface area contributed by atoms with Crippen molar-refractivity contribution in [2.75, 3.05) is 43.6 Å². The minimum Gasteiger partial charge on any atom is -0.633 e. The molecule has 3 heterocycles. The quantitative estimate of drug-likeness (QED) is 0.620. The number of hydroxylamine groups is 3. The number of rotatable bonds is 1. The van der Waals surface area contributed by atoms with Gasteiger partial charge in [0.15, 0.2) is 0 Å². The van der Waals surface area contributed by atoms with E-state index in [1.165, 1.54) is 0 Å². The SMILES string of the molecule is Cc1nc2c(s1)N(N1CC[N+](C)([O-])CC1)c1ccc(Cl)cc1NC2. The van der Waals surface area contributed by atoms with Crippen LogP contribution in [0.5, 0.6) is 0 Å². The standard InChI is InChI=1S/C16H20ClN5OS/c1-11-19-14-10-18-13-9-12(17)3-4-15(13)21(16(14)24-11)20-5-7-22(2,23)8-6-20/h3-4,9,18H,5-8,10H2,1-2H3. The Kier molecular flexibility index (Phi) is 3.93. The van der Waals surface area contributed by atoms with Gasteiger partial charge in [-0.25, -0.2) is 9.99 Å². The normalized spacial score (nSPS) is 20.1. The van der Waals surface area contributed by atoms with Crippen LogP contribution in [0.2, 0.25) is 5.02 Å². The van der Waals surface area contributed by atoms with Gasteiger partial charge in [0.1, 0.15) is 5.00 Å². The Morgan fingerprint density at radius 3 is 2.83 bits per heavy atom.